The molecule has 0 aromatic heterocycles. The molecule has 0 spiro atoms. The number of hydrogen-bond acceptors (Lipinski definition) is 2. The molecule has 1 atom stereocenters. The van der Waals surface area contributed by atoms with Crippen LogP contribution in [-0.2, 0) is 4.79 Å². The molecule has 2 nitrogen and oxygen atoms in total. The molecular formula is C17H17F2NOS. The topological polar surface area (TPSA) is 29.1 Å². The van der Waals surface area contributed by atoms with Crippen LogP contribution in [0.25, 0.3) is 0 Å². The van der Waals surface area contributed by atoms with Gasteiger partial charge in [0.05, 0.1) is 6.04 Å². The highest BCUT2D eigenvalue weighted by Crippen LogP contribution is 2.21. The number of halogens is 2. The van der Waals surface area contributed by atoms with Gasteiger partial charge in [-0.2, -0.15) is 0 Å². The molecule has 1 amide bonds. The third kappa shape index (κ3) is 4.84. The second kappa shape index (κ2) is 7.94. The highest BCUT2D eigenvalue weighted by molar-refractivity contribution is 7.99. The summed E-state index contributed by atoms with van der Waals surface area (Å²) >= 11 is 1.33. The van der Waals surface area contributed by atoms with Crippen LogP contribution < -0.4 is 5.32 Å². The van der Waals surface area contributed by atoms with Gasteiger partial charge in [-0.05, 0) is 30.7 Å². The number of thioether (sulfide) groups is 1. The van der Waals surface area contributed by atoms with E-state index in [9.17, 15) is 13.6 Å². The second-order valence-corrected chi connectivity index (χ2v) is 6.04. The number of nitrogens with one attached hydrogen (secondary N) is 1. The van der Waals surface area contributed by atoms with E-state index in [0.29, 0.717) is 17.1 Å². The summed E-state index contributed by atoms with van der Waals surface area (Å²) in [6.07, 6.45) is 0.320. The summed E-state index contributed by atoms with van der Waals surface area (Å²) in [7, 11) is 0. The van der Waals surface area contributed by atoms with Crippen molar-refractivity contribution in [3.05, 3.63) is 65.7 Å². The summed E-state index contributed by atoms with van der Waals surface area (Å²) in [6, 6.07) is 13.4. The number of benzene rings is 2. The molecule has 2 rings (SSSR count). The van der Waals surface area contributed by atoms with Gasteiger partial charge >= 0.3 is 0 Å². The molecule has 0 bridgehead atoms. The van der Waals surface area contributed by atoms with E-state index >= 15 is 0 Å². The Kier molecular flexibility index (Phi) is 5.95. The molecule has 2 aromatic rings. The van der Waals surface area contributed by atoms with Crippen molar-refractivity contribution in [3.63, 3.8) is 0 Å². The van der Waals surface area contributed by atoms with Crippen molar-refractivity contribution in [1.82, 2.24) is 5.32 Å². The maximum absolute atomic E-state index is 13.1. The van der Waals surface area contributed by atoms with E-state index in [4.69, 9.17) is 0 Å². The quantitative estimate of drug-likeness (QED) is 0.803. The maximum Gasteiger partial charge on any atom is 0.221 e. The van der Waals surface area contributed by atoms with Gasteiger partial charge in [0.2, 0.25) is 5.91 Å². The summed E-state index contributed by atoms with van der Waals surface area (Å²) in [5, 5.41) is 2.92. The molecule has 0 fully saturated rings. The zero-order valence-electron chi connectivity index (χ0n) is 12.2. The predicted octanol–water partition coefficient (Wildman–Crippen LogP) is 4.32. The smallest absolute Gasteiger partial charge is 0.221 e. The molecule has 116 valence electrons. The average Bonchev–Trinajstić information content (AvgIpc) is 2.51. The second-order valence-electron chi connectivity index (χ2n) is 4.87. The minimum Gasteiger partial charge on any atom is -0.350 e. The lowest BCUT2D eigenvalue weighted by Gasteiger charge is -2.14. The predicted molar refractivity (Wildman–Crippen MR) is 84.7 cm³/mol. The summed E-state index contributed by atoms with van der Waals surface area (Å²) < 4.78 is 25.9. The van der Waals surface area contributed by atoms with Gasteiger partial charge in [-0.25, -0.2) is 8.78 Å². The standard InChI is InChI=1S/C17H17F2NOS/c1-12(13-5-3-2-4-6-13)20-17(21)9-10-22-14-7-8-15(18)16(19)11-14/h2-8,11-12H,9-10H2,1H3,(H,20,21)/t12-/m1/s1. The molecule has 5 heteroatoms. The SMILES string of the molecule is C[C@@H](NC(=O)CCSc1ccc(F)c(F)c1)c1ccccc1. The van der Waals surface area contributed by atoms with Crippen LogP contribution in [0.3, 0.4) is 0 Å². The van der Waals surface area contributed by atoms with Crippen molar-refractivity contribution in [2.45, 2.75) is 24.3 Å². The van der Waals surface area contributed by atoms with Gasteiger partial charge in [0, 0.05) is 17.1 Å². The van der Waals surface area contributed by atoms with E-state index in [1.165, 1.54) is 17.8 Å². The van der Waals surface area contributed by atoms with Gasteiger partial charge < -0.3 is 5.32 Å². The Hall–Kier alpha value is -1.88. The fourth-order valence-corrected chi connectivity index (χ4v) is 2.84. The molecular weight excluding hydrogens is 304 g/mol. The monoisotopic (exact) mass is 321 g/mol. The molecule has 2 aromatic carbocycles. The van der Waals surface area contributed by atoms with E-state index in [2.05, 4.69) is 5.32 Å². The molecule has 0 aliphatic heterocycles. The Morgan fingerprint density at radius 1 is 1.14 bits per heavy atom. The number of rotatable bonds is 6. The average molecular weight is 321 g/mol. The lowest BCUT2D eigenvalue weighted by atomic mass is 10.1. The highest BCUT2D eigenvalue weighted by atomic mass is 32.2. The molecule has 0 heterocycles. The van der Waals surface area contributed by atoms with Gasteiger partial charge in [-0.3, -0.25) is 4.79 Å². The third-order valence-corrected chi connectivity index (χ3v) is 4.16. The minimum atomic E-state index is -0.868. The maximum atomic E-state index is 13.1. The van der Waals surface area contributed by atoms with Gasteiger partial charge in [0.15, 0.2) is 11.6 Å². The van der Waals surface area contributed by atoms with Crippen molar-refractivity contribution < 1.29 is 13.6 Å². The molecule has 0 unspecified atom stereocenters. The molecule has 22 heavy (non-hydrogen) atoms. The molecule has 0 radical (unpaired) electrons. The summed E-state index contributed by atoms with van der Waals surface area (Å²) in [4.78, 5) is 12.5. The van der Waals surface area contributed by atoms with E-state index in [0.717, 1.165) is 17.7 Å². The van der Waals surface area contributed by atoms with Gasteiger partial charge in [0.1, 0.15) is 0 Å². The van der Waals surface area contributed by atoms with Crippen molar-refractivity contribution >= 4 is 17.7 Å². The van der Waals surface area contributed by atoms with Gasteiger partial charge in [-0.1, -0.05) is 30.3 Å². The van der Waals surface area contributed by atoms with E-state index < -0.39 is 11.6 Å². The van der Waals surface area contributed by atoms with Crippen molar-refractivity contribution in [2.75, 3.05) is 5.75 Å². The number of carbonyl (C=O) groups excluding carboxylic acids is 1. The Bertz CT molecular complexity index is 634. The number of hydrogen-bond donors (Lipinski definition) is 1. The first-order chi connectivity index (χ1) is 10.6. The third-order valence-electron chi connectivity index (χ3n) is 3.17. The minimum absolute atomic E-state index is 0.0537. The first-order valence-corrected chi connectivity index (χ1v) is 7.97. The van der Waals surface area contributed by atoms with Crippen LogP contribution in [0.1, 0.15) is 24.9 Å². The van der Waals surface area contributed by atoms with Crippen LogP contribution in [0.2, 0.25) is 0 Å². The lowest BCUT2D eigenvalue weighted by Crippen LogP contribution is -2.26. The van der Waals surface area contributed by atoms with Crippen molar-refractivity contribution in [2.24, 2.45) is 0 Å². The summed E-state index contributed by atoms with van der Waals surface area (Å²) in [5.41, 5.74) is 1.05. The Labute approximate surface area is 132 Å². The van der Waals surface area contributed by atoms with Crippen LogP contribution >= 0.6 is 11.8 Å². The fraction of sp³-hybridized carbons (Fsp3) is 0.235. The van der Waals surface area contributed by atoms with Crippen LogP contribution in [-0.4, -0.2) is 11.7 Å². The Morgan fingerprint density at radius 2 is 1.86 bits per heavy atom. The van der Waals surface area contributed by atoms with Crippen LogP contribution in [0, 0.1) is 11.6 Å². The fourth-order valence-electron chi connectivity index (χ4n) is 1.97. The van der Waals surface area contributed by atoms with E-state index in [-0.39, 0.29) is 11.9 Å². The summed E-state index contributed by atoms with van der Waals surface area (Å²) in [6.45, 7) is 1.93. The van der Waals surface area contributed by atoms with E-state index in [1.807, 2.05) is 37.3 Å². The molecule has 0 aliphatic rings. The number of carbonyl (C=O) groups is 1. The zero-order valence-corrected chi connectivity index (χ0v) is 13.0. The van der Waals surface area contributed by atoms with Crippen LogP contribution in [0.15, 0.2) is 53.4 Å². The lowest BCUT2D eigenvalue weighted by molar-refractivity contribution is -0.121. The van der Waals surface area contributed by atoms with Crippen LogP contribution in [0.4, 0.5) is 8.78 Å². The molecule has 0 saturated heterocycles. The van der Waals surface area contributed by atoms with Crippen molar-refractivity contribution in [1.29, 1.82) is 0 Å². The first-order valence-electron chi connectivity index (χ1n) is 6.98. The highest BCUT2D eigenvalue weighted by Gasteiger charge is 2.09. The van der Waals surface area contributed by atoms with Crippen LogP contribution in [0.5, 0.6) is 0 Å². The van der Waals surface area contributed by atoms with Crippen molar-refractivity contribution in [3.8, 4) is 0 Å². The Balaban J connectivity index is 1.77. The van der Waals surface area contributed by atoms with Gasteiger partial charge in [-0.15, -0.1) is 11.8 Å². The Morgan fingerprint density at radius 3 is 2.55 bits per heavy atom. The molecule has 0 aliphatic carbocycles. The van der Waals surface area contributed by atoms with Gasteiger partial charge in [0.25, 0.3) is 0 Å². The zero-order chi connectivity index (χ0) is 15.9. The number of amides is 1. The normalized spacial score (nSPS) is 12.0. The van der Waals surface area contributed by atoms with E-state index in [1.54, 1.807) is 0 Å². The first kappa shape index (κ1) is 16.5. The molecule has 0 saturated carbocycles. The largest absolute Gasteiger partial charge is 0.350 e. The molecule has 1 N–H and O–H groups in total. The summed E-state index contributed by atoms with van der Waals surface area (Å²) in [5.74, 6) is -1.28.